The van der Waals surface area contributed by atoms with Crippen LogP contribution in [-0.4, -0.2) is 16.9 Å². The number of nitro benzene ring substituents is 1. The zero-order valence-electron chi connectivity index (χ0n) is 13.0. The zero-order chi connectivity index (χ0) is 16.8. The number of rotatable bonds is 6. The summed E-state index contributed by atoms with van der Waals surface area (Å²) in [5.74, 6) is 0.298. The Balaban J connectivity index is 1.94. The van der Waals surface area contributed by atoms with Crippen molar-refractivity contribution in [1.29, 1.82) is 0 Å². The van der Waals surface area contributed by atoms with E-state index in [1.54, 1.807) is 6.92 Å². The lowest BCUT2D eigenvalue weighted by Gasteiger charge is -2.15. The number of hydrogen-bond donors (Lipinski definition) is 1. The van der Waals surface area contributed by atoms with Gasteiger partial charge >= 0.3 is 0 Å². The van der Waals surface area contributed by atoms with Crippen LogP contribution in [0.15, 0.2) is 48.5 Å². The summed E-state index contributed by atoms with van der Waals surface area (Å²) in [6.07, 6.45) is 0.258. The van der Waals surface area contributed by atoms with Gasteiger partial charge < -0.3 is 10.1 Å². The summed E-state index contributed by atoms with van der Waals surface area (Å²) < 4.78 is 5.59. The number of aryl methyl sites for hydroxylation is 1. The first-order valence-electron chi connectivity index (χ1n) is 7.30. The Labute approximate surface area is 134 Å². The van der Waals surface area contributed by atoms with Gasteiger partial charge in [0.15, 0.2) is 6.10 Å². The Morgan fingerprint density at radius 3 is 2.30 bits per heavy atom. The molecule has 0 aliphatic carbocycles. The largest absolute Gasteiger partial charge is 0.481 e. The van der Waals surface area contributed by atoms with Gasteiger partial charge in [0.05, 0.1) is 4.92 Å². The van der Waals surface area contributed by atoms with Gasteiger partial charge in [0.1, 0.15) is 5.75 Å². The highest BCUT2D eigenvalue weighted by molar-refractivity contribution is 5.94. The first kappa shape index (κ1) is 16.5. The van der Waals surface area contributed by atoms with E-state index in [4.69, 9.17) is 4.74 Å². The fourth-order valence-electron chi connectivity index (χ4n) is 1.97. The third-order valence-electron chi connectivity index (χ3n) is 3.36. The zero-order valence-corrected chi connectivity index (χ0v) is 13.0. The Morgan fingerprint density at radius 2 is 1.78 bits per heavy atom. The minimum Gasteiger partial charge on any atom is -0.481 e. The molecule has 0 fully saturated rings. The van der Waals surface area contributed by atoms with Crippen molar-refractivity contribution in [1.82, 2.24) is 0 Å². The molecule has 1 atom stereocenters. The minimum absolute atomic E-state index is 0.0247. The Kier molecular flexibility index (Phi) is 5.30. The summed E-state index contributed by atoms with van der Waals surface area (Å²) >= 11 is 0. The van der Waals surface area contributed by atoms with Crippen molar-refractivity contribution in [3.63, 3.8) is 0 Å². The van der Waals surface area contributed by atoms with Crippen molar-refractivity contribution in [3.05, 3.63) is 64.2 Å². The Bertz CT molecular complexity index is 681. The van der Waals surface area contributed by atoms with E-state index in [-0.39, 0.29) is 11.6 Å². The first-order chi connectivity index (χ1) is 11.0. The number of non-ortho nitro benzene ring substituents is 1. The average Bonchev–Trinajstić information content (AvgIpc) is 2.56. The van der Waals surface area contributed by atoms with Crippen LogP contribution in [0.4, 0.5) is 11.4 Å². The average molecular weight is 314 g/mol. The van der Waals surface area contributed by atoms with Crippen molar-refractivity contribution >= 4 is 17.3 Å². The fourth-order valence-corrected chi connectivity index (χ4v) is 1.97. The number of ether oxygens (including phenoxy) is 1. The van der Waals surface area contributed by atoms with E-state index >= 15 is 0 Å². The number of hydrogen-bond acceptors (Lipinski definition) is 4. The number of nitro groups is 1. The molecule has 0 saturated carbocycles. The van der Waals surface area contributed by atoms with E-state index in [1.165, 1.54) is 29.8 Å². The molecule has 0 aliphatic heterocycles. The molecule has 6 heteroatoms. The van der Waals surface area contributed by atoms with Gasteiger partial charge in [0.2, 0.25) is 0 Å². The molecule has 0 aromatic heterocycles. The van der Waals surface area contributed by atoms with E-state index in [2.05, 4.69) is 12.2 Å². The fraction of sp³-hybridized carbons (Fsp3) is 0.235. The van der Waals surface area contributed by atoms with Gasteiger partial charge in [-0.3, -0.25) is 14.9 Å². The van der Waals surface area contributed by atoms with E-state index in [0.717, 1.165) is 6.42 Å². The topological polar surface area (TPSA) is 81.5 Å². The van der Waals surface area contributed by atoms with Gasteiger partial charge in [-0.1, -0.05) is 19.1 Å². The number of nitrogens with one attached hydrogen (secondary N) is 1. The summed E-state index contributed by atoms with van der Waals surface area (Å²) in [7, 11) is 0. The second kappa shape index (κ2) is 7.40. The van der Waals surface area contributed by atoms with Crippen LogP contribution in [0.1, 0.15) is 19.4 Å². The number of anilines is 1. The number of carbonyl (C=O) groups excluding carboxylic acids is 1. The molecule has 0 heterocycles. The summed E-state index contributed by atoms with van der Waals surface area (Å²) in [4.78, 5) is 22.2. The van der Waals surface area contributed by atoms with Gasteiger partial charge in [-0.25, -0.2) is 0 Å². The highest BCUT2D eigenvalue weighted by Crippen LogP contribution is 2.17. The predicted molar refractivity (Wildman–Crippen MR) is 87.6 cm³/mol. The van der Waals surface area contributed by atoms with Crippen LogP contribution >= 0.6 is 0 Å². The Hall–Kier alpha value is -2.89. The maximum Gasteiger partial charge on any atom is 0.269 e. The third-order valence-corrected chi connectivity index (χ3v) is 3.36. The smallest absolute Gasteiger partial charge is 0.269 e. The molecule has 0 unspecified atom stereocenters. The normalized spacial score (nSPS) is 11.6. The van der Waals surface area contributed by atoms with E-state index in [1.807, 2.05) is 24.3 Å². The van der Waals surface area contributed by atoms with Crippen molar-refractivity contribution < 1.29 is 14.5 Å². The van der Waals surface area contributed by atoms with Crippen molar-refractivity contribution in [3.8, 4) is 5.75 Å². The molecule has 2 aromatic rings. The molecular formula is C17H18N2O4. The number of amides is 1. The van der Waals surface area contributed by atoms with E-state index < -0.39 is 11.0 Å². The molecule has 23 heavy (non-hydrogen) atoms. The van der Waals surface area contributed by atoms with Gasteiger partial charge in [0, 0.05) is 17.8 Å². The molecule has 1 N–H and O–H groups in total. The molecule has 6 nitrogen and oxygen atoms in total. The second-order valence-electron chi connectivity index (χ2n) is 5.05. The highest BCUT2D eigenvalue weighted by Gasteiger charge is 2.15. The van der Waals surface area contributed by atoms with E-state index in [9.17, 15) is 14.9 Å². The standard InChI is InChI=1S/C17H18N2O4/c1-3-13-4-10-16(11-5-13)23-12(2)17(20)18-14-6-8-15(9-7-14)19(21)22/h4-12H,3H2,1-2H3,(H,18,20)/t12-/m1/s1. The maximum atomic E-state index is 12.1. The van der Waals surface area contributed by atoms with Gasteiger partial charge in [-0.05, 0) is 43.2 Å². The minimum atomic E-state index is -0.683. The number of benzene rings is 2. The van der Waals surface area contributed by atoms with Crippen molar-refractivity contribution in [2.24, 2.45) is 0 Å². The van der Waals surface area contributed by atoms with Crippen LogP contribution in [0.25, 0.3) is 0 Å². The summed E-state index contributed by atoms with van der Waals surface area (Å²) in [5, 5.41) is 13.3. The van der Waals surface area contributed by atoms with Crippen molar-refractivity contribution in [2.45, 2.75) is 26.4 Å². The highest BCUT2D eigenvalue weighted by atomic mass is 16.6. The van der Waals surface area contributed by atoms with Gasteiger partial charge in [-0.15, -0.1) is 0 Å². The summed E-state index contributed by atoms with van der Waals surface area (Å²) in [6.45, 7) is 3.71. The lowest BCUT2D eigenvalue weighted by molar-refractivity contribution is -0.384. The number of nitrogens with zero attached hydrogens (tertiary/aromatic N) is 1. The number of carbonyl (C=O) groups is 1. The molecule has 1 amide bonds. The lowest BCUT2D eigenvalue weighted by atomic mass is 10.2. The molecular weight excluding hydrogens is 296 g/mol. The molecule has 0 radical (unpaired) electrons. The monoisotopic (exact) mass is 314 g/mol. The molecule has 120 valence electrons. The molecule has 2 rings (SSSR count). The SMILES string of the molecule is CCc1ccc(O[C@H](C)C(=O)Nc2ccc([N+](=O)[O-])cc2)cc1. The van der Waals surface area contributed by atoms with Crippen LogP contribution in [0.5, 0.6) is 5.75 Å². The summed E-state index contributed by atoms with van der Waals surface area (Å²) in [6, 6.07) is 13.2. The molecule has 2 aromatic carbocycles. The molecule has 0 bridgehead atoms. The predicted octanol–water partition coefficient (Wildman–Crippen LogP) is 3.56. The summed E-state index contributed by atoms with van der Waals surface area (Å²) in [5.41, 5.74) is 1.65. The van der Waals surface area contributed by atoms with E-state index in [0.29, 0.717) is 11.4 Å². The van der Waals surface area contributed by atoms with Crippen LogP contribution in [0, 0.1) is 10.1 Å². The third kappa shape index (κ3) is 4.54. The molecule has 0 spiro atoms. The van der Waals surface area contributed by atoms with Crippen molar-refractivity contribution in [2.75, 3.05) is 5.32 Å². The molecule has 0 aliphatic rings. The first-order valence-corrected chi connectivity index (χ1v) is 7.30. The van der Waals surface area contributed by atoms with Gasteiger partial charge in [0.25, 0.3) is 11.6 Å². The quantitative estimate of drug-likeness (QED) is 0.653. The van der Waals surface area contributed by atoms with Crippen LogP contribution in [0.3, 0.4) is 0 Å². The maximum absolute atomic E-state index is 12.1. The molecule has 0 saturated heterocycles. The van der Waals surface area contributed by atoms with Gasteiger partial charge in [-0.2, -0.15) is 0 Å². The van der Waals surface area contributed by atoms with Crippen LogP contribution < -0.4 is 10.1 Å². The van der Waals surface area contributed by atoms with Crippen LogP contribution in [0.2, 0.25) is 0 Å². The lowest BCUT2D eigenvalue weighted by Crippen LogP contribution is -2.30. The second-order valence-corrected chi connectivity index (χ2v) is 5.05. The van der Waals surface area contributed by atoms with Crippen LogP contribution in [-0.2, 0) is 11.2 Å². The Morgan fingerprint density at radius 1 is 1.17 bits per heavy atom.